The lowest BCUT2D eigenvalue weighted by Crippen LogP contribution is -2.41. The zero-order chi connectivity index (χ0) is 29.8. The fourth-order valence-corrected chi connectivity index (χ4v) is 6.90. The van der Waals surface area contributed by atoms with Crippen molar-refractivity contribution in [1.29, 1.82) is 0 Å². The van der Waals surface area contributed by atoms with Crippen molar-refractivity contribution in [2.75, 3.05) is 16.8 Å². The van der Waals surface area contributed by atoms with E-state index in [0.717, 1.165) is 22.3 Å². The van der Waals surface area contributed by atoms with Crippen molar-refractivity contribution in [3.05, 3.63) is 130 Å². The molecule has 2 atom stereocenters. The van der Waals surface area contributed by atoms with E-state index in [9.17, 15) is 24.0 Å². The van der Waals surface area contributed by atoms with Gasteiger partial charge in [0.05, 0.1) is 23.1 Å². The fourth-order valence-electron chi connectivity index (χ4n) is 6.90. The summed E-state index contributed by atoms with van der Waals surface area (Å²) in [4.78, 5) is 65.9. The monoisotopic (exact) mass is 570 g/mol. The zero-order valence-electron chi connectivity index (χ0n) is 23.2. The lowest BCUT2D eigenvalue weighted by atomic mass is 9.55. The Labute approximate surface area is 247 Å². The molecule has 0 aromatic heterocycles. The van der Waals surface area contributed by atoms with Gasteiger partial charge in [0.2, 0.25) is 11.8 Å². The van der Waals surface area contributed by atoms with Crippen LogP contribution >= 0.6 is 0 Å². The summed E-state index contributed by atoms with van der Waals surface area (Å²) in [6.45, 7) is 0.912. The molecule has 0 unspecified atom stereocenters. The predicted molar refractivity (Wildman–Crippen MR) is 158 cm³/mol. The van der Waals surface area contributed by atoms with Crippen LogP contribution in [0.5, 0.6) is 0 Å². The summed E-state index contributed by atoms with van der Waals surface area (Å²) in [6, 6.07) is 28.6. The summed E-state index contributed by atoms with van der Waals surface area (Å²) >= 11 is 0. The minimum absolute atomic E-state index is 0.0901. The van der Waals surface area contributed by atoms with Gasteiger partial charge < -0.3 is 10.1 Å². The van der Waals surface area contributed by atoms with Crippen LogP contribution < -0.4 is 10.2 Å². The van der Waals surface area contributed by atoms with Gasteiger partial charge in [-0.25, -0.2) is 9.69 Å². The first-order valence-electron chi connectivity index (χ1n) is 14.1. The van der Waals surface area contributed by atoms with Crippen LogP contribution in [0.1, 0.15) is 61.7 Å². The molecule has 2 bridgehead atoms. The van der Waals surface area contributed by atoms with Gasteiger partial charge in [0.25, 0.3) is 5.91 Å². The maximum atomic E-state index is 14.0. The van der Waals surface area contributed by atoms with Crippen molar-refractivity contribution in [2.45, 2.75) is 18.8 Å². The number of anilines is 2. The van der Waals surface area contributed by atoms with Crippen molar-refractivity contribution in [3.63, 3.8) is 0 Å². The number of amides is 3. The van der Waals surface area contributed by atoms with E-state index in [1.54, 1.807) is 36.4 Å². The molecule has 212 valence electrons. The highest BCUT2D eigenvalue weighted by atomic mass is 16.5. The Morgan fingerprint density at radius 3 is 1.74 bits per heavy atom. The number of carbonyl (C=O) groups is 5. The molecule has 43 heavy (non-hydrogen) atoms. The molecule has 3 amide bonds. The number of ketones is 1. The molecule has 8 heteroatoms. The number of imide groups is 1. The molecule has 0 saturated carbocycles. The third-order valence-corrected chi connectivity index (χ3v) is 8.70. The van der Waals surface area contributed by atoms with Crippen LogP contribution in [0.2, 0.25) is 0 Å². The summed E-state index contributed by atoms with van der Waals surface area (Å²) in [7, 11) is 0. The van der Waals surface area contributed by atoms with E-state index >= 15 is 0 Å². The second-order valence-electron chi connectivity index (χ2n) is 11.1. The SMILES string of the molecule is CC(=O)c1ccc(NC(=O)COC(=O)c2cccc(N3C(=O)[C@@H]4C5c6ccccc6C(c6ccccc65)[C@H]4C3=O)c2)cc1. The molecule has 1 saturated heterocycles. The highest BCUT2D eigenvalue weighted by molar-refractivity contribution is 6.23. The smallest absolute Gasteiger partial charge is 0.338 e. The first-order valence-corrected chi connectivity index (χ1v) is 14.1. The summed E-state index contributed by atoms with van der Waals surface area (Å²) in [6.07, 6.45) is 0. The maximum absolute atomic E-state index is 14.0. The Kier molecular flexibility index (Phi) is 6.27. The molecular weight excluding hydrogens is 544 g/mol. The Morgan fingerprint density at radius 2 is 1.23 bits per heavy atom. The molecule has 4 aromatic rings. The van der Waals surface area contributed by atoms with Crippen molar-refractivity contribution in [3.8, 4) is 0 Å². The number of ether oxygens (including phenoxy) is 1. The van der Waals surface area contributed by atoms with Gasteiger partial charge >= 0.3 is 5.97 Å². The van der Waals surface area contributed by atoms with E-state index in [-0.39, 0.29) is 35.0 Å². The second kappa shape index (κ2) is 10.2. The minimum atomic E-state index is -0.764. The average Bonchev–Trinajstić information content (AvgIpc) is 3.30. The van der Waals surface area contributed by atoms with Crippen LogP contribution in [0.15, 0.2) is 97.1 Å². The highest BCUT2D eigenvalue weighted by Crippen LogP contribution is 2.61. The second-order valence-corrected chi connectivity index (χ2v) is 11.1. The van der Waals surface area contributed by atoms with Gasteiger partial charge in [0, 0.05) is 23.1 Å². The average molecular weight is 571 g/mol. The van der Waals surface area contributed by atoms with Crippen LogP contribution in [0.25, 0.3) is 0 Å². The molecule has 4 aliphatic rings. The first-order chi connectivity index (χ1) is 20.8. The Bertz CT molecular complexity index is 1730. The number of nitrogens with zero attached hydrogens (tertiary/aromatic N) is 1. The summed E-state index contributed by atoms with van der Waals surface area (Å²) in [5, 5.41) is 2.62. The summed E-state index contributed by atoms with van der Waals surface area (Å²) in [5.41, 5.74) is 5.71. The van der Waals surface area contributed by atoms with E-state index in [0.29, 0.717) is 16.9 Å². The van der Waals surface area contributed by atoms with E-state index in [2.05, 4.69) is 5.32 Å². The molecular formula is C35H26N2O6. The third-order valence-electron chi connectivity index (χ3n) is 8.70. The fraction of sp³-hybridized carbons (Fsp3) is 0.171. The van der Waals surface area contributed by atoms with Crippen LogP contribution in [0.4, 0.5) is 11.4 Å². The summed E-state index contributed by atoms with van der Waals surface area (Å²) < 4.78 is 5.23. The minimum Gasteiger partial charge on any atom is -0.452 e. The van der Waals surface area contributed by atoms with Gasteiger partial charge in [-0.1, -0.05) is 54.6 Å². The van der Waals surface area contributed by atoms with Gasteiger partial charge in [0.15, 0.2) is 12.4 Å². The molecule has 1 N–H and O–H groups in total. The van der Waals surface area contributed by atoms with Crippen LogP contribution in [-0.4, -0.2) is 36.1 Å². The topological polar surface area (TPSA) is 110 Å². The molecule has 1 fully saturated rings. The maximum Gasteiger partial charge on any atom is 0.338 e. The van der Waals surface area contributed by atoms with Crippen molar-refractivity contribution < 1.29 is 28.7 Å². The predicted octanol–water partition coefficient (Wildman–Crippen LogP) is 5.08. The standard InChI is InChI=1S/C35H26N2O6/c1-19(38)20-13-15-22(16-14-20)36-28(39)18-43-35(42)21-7-6-8-23(17-21)37-33(40)31-29-24-9-2-3-10-25(24)30(32(31)34(37)41)27-12-5-4-11-26(27)29/h2-17,29-32H,18H2,1H3,(H,36,39)/t29?,30?,31-,32-/m1/s1. The molecule has 0 radical (unpaired) electrons. The Balaban J connectivity index is 1.10. The normalized spacial score (nSPS) is 21.1. The van der Waals surface area contributed by atoms with Gasteiger partial charge in [-0.2, -0.15) is 0 Å². The Hall–Kier alpha value is -5.37. The molecule has 3 aliphatic carbocycles. The van der Waals surface area contributed by atoms with E-state index in [1.807, 2.05) is 48.5 Å². The van der Waals surface area contributed by atoms with E-state index < -0.39 is 30.3 Å². The number of esters is 1. The molecule has 0 spiro atoms. The number of hydrogen-bond acceptors (Lipinski definition) is 6. The zero-order valence-corrected chi connectivity index (χ0v) is 23.2. The number of benzene rings is 4. The van der Waals surface area contributed by atoms with Crippen LogP contribution in [-0.2, 0) is 19.1 Å². The van der Waals surface area contributed by atoms with Gasteiger partial charge in [-0.05, 0) is 71.6 Å². The molecule has 1 aliphatic heterocycles. The first kappa shape index (κ1) is 26.5. The number of carbonyl (C=O) groups excluding carboxylic acids is 5. The van der Waals surface area contributed by atoms with Crippen molar-refractivity contribution in [1.82, 2.24) is 0 Å². The molecule has 4 aromatic carbocycles. The molecule has 8 nitrogen and oxygen atoms in total. The van der Waals surface area contributed by atoms with Gasteiger partial charge in [-0.3, -0.25) is 19.2 Å². The molecule has 1 heterocycles. The van der Waals surface area contributed by atoms with Gasteiger partial charge in [0.1, 0.15) is 0 Å². The number of hydrogen-bond donors (Lipinski definition) is 1. The highest BCUT2D eigenvalue weighted by Gasteiger charge is 2.61. The molecule has 8 rings (SSSR count). The van der Waals surface area contributed by atoms with Crippen molar-refractivity contribution >= 4 is 40.8 Å². The Morgan fingerprint density at radius 1 is 0.698 bits per heavy atom. The lowest BCUT2D eigenvalue weighted by Gasteiger charge is -2.45. The van der Waals surface area contributed by atoms with Crippen LogP contribution in [0, 0.1) is 11.8 Å². The van der Waals surface area contributed by atoms with Gasteiger partial charge in [-0.15, -0.1) is 0 Å². The van der Waals surface area contributed by atoms with E-state index in [1.165, 1.54) is 24.0 Å². The van der Waals surface area contributed by atoms with Crippen LogP contribution in [0.3, 0.4) is 0 Å². The lowest BCUT2D eigenvalue weighted by molar-refractivity contribution is -0.122. The summed E-state index contributed by atoms with van der Waals surface area (Å²) in [5.74, 6) is -3.50. The third kappa shape index (κ3) is 4.25. The largest absolute Gasteiger partial charge is 0.452 e. The number of Topliss-reactive ketones (excluding diaryl/α,β-unsaturated/α-hetero) is 1. The number of nitrogens with one attached hydrogen (secondary N) is 1. The quantitative estimate of drug-likeness (QED) is 0.197. The van der Waals surface area contributed by atoms with Crippen molar-refractivity contribution in [2.24, 2.45) is 11.8 Å². The number of rotatable bonds is 6. The van der Waals surface area contributed by atoms with E-state index in [4.69, 9.17) is 4.74 Å².